The molecule has 0 radical (unpaired) electrons. The largest absolute Gasteiger partial charge is 0.243 e. The molecule has 4 nitrogen and oxygen atoms in total. The SMILES string of the molecule is Cc1nn(C(C)C)c2nc3ccccc3nc12. The van der Waals surface area contributed by atoms with Crippen molar-refractivity contribution < 1.29 is 0 Å². The fourth-order valence-corrected chi connectivity index (χ4v) is 2.01. The van der Waals surface area contributed by atoms with Crippen LogP contribution < -0.4 is 0 Å². The molecule has 1 aromatic carbocycles. The van der Waals surface area contributed by atoms with Crippen LogP contribution in [0.15, 0.2) is 24.3 Å². The molecule has 86 valence electrons. The van der Waals surface area contributed by atoms with Crippen molar-refractivity contribution in [2.75, 3.05) is 0 Å². The zero-order valence-electron chi connectivity index (χ0n) is 10.2. The molecule has 0 unspecified atom stereocenters. The molecule has 0 saturated carbocycles. The Labute approximate surface area is 99.3 Å². The number of rotatable bonds is 1. The van der Waals surface area contributed by atoms with Crippen LogP contribution in [-0.2, 0) is 0 Å². The molecule has 0 aliphatic carbocycles. The monoisotopic (exact) mass is 226 g/mol. The van der Waals surface area contributed by atoms with E-state index in [9.17, 15) is 0 Å². The van der Waals surface area contributed by atoms with Gasteiger partial charge in [0.1, 0.15) is 5.52 Å². The van der Waals surface area contributed by atoms with E-state index in [0.717, 1.165) is 27.9 Å². The van der Waals surface area contributed by atoms with Crippen LogP contribution in [0.5, 0.6) is 0 Å². The van der Waals surface area contributed by atoms with Gasteiger partial charge in [-0.05, 0) is 32.9 Å². The van der Waals surface area contributed by atoms with Gasteiger partial charge in [-0.1, -0.05) is 12.1 Å². The smallest absolute Gasteiger partial charge is 0.177 e. The molecular weight excluding hydrogens is 212 g/mol. The minimum absolute atomic E-state index is 0.293. The molecule has 0 aliphatic heterocycles. The van der Waals surface area contributed by atoms with Crippen molar-refractivity contribution in [1.82, 2.24) is 19.7 Å². The van der Waals surface area contributed by atoms with Crippen LogP contribution in [0.25, 0.3) is 22.2 Å². The van der Waals surface area contributed by atoms with Crippen molar-refractivity contribution in [3.8, 4) is 0 Å². The lowest BCUT2D eigenvalue weighted by molar-refractivity contribution is 0.543. The Hall–Kier alpha value is -1.97. The minimum Gasteiger partial charge on any atom is -0.243 e. The summed E-state index contributed by atoms with van der Waals surface area (Å²) >= 11 is 0. The Bertz CT molecular complexity index is 697. The number of para-hydroxylation sites is 2. The van der Waals surface area contributed by atoms with E-state index in [1.54, 1.807) is 0 Å². The highest BCUT2D eigenvalue weighted by molar-refractivity contribution is 5.85. The highest BCUT2D eigenvalue weighted by Crippen LogP contribution is 2.20. The summed E-state index contributed by atoms with van der Waals surface area (Å²) in [6.45, 7) is 6.18. The van der Waals surface area contributed by atoms with E-state index in [-0.39, 0.29) is 0 Å². The predicted molar refractivity (Wildman–Crippen MR) is 68.0 cm³/mol. The quantitative estimate of drug-likeness (QED) is 0.640. The number of hydrogen-bond acceptors (Lipinski definition) is 3. The molecule has 3 aromatic rings. The summed E-state index contributed by atoms with van der Waals surface area (Å²) in [5.41, 5.74) is 4.55. The van der Waals surface area contributed by atoms with Crippen molar-refractivity contribution in [2.24, 2.45) is 0 Å². The molecule has 0 spiro atoms. The maximum Gasteiger partial charge on any atom is 0.177 e. The molecule has 3 rings (SSSR count). The van der Waals surface area contributed by atoms with Gasteiger partial charge in [-0.2, -0.15) is 5.10 Å². The topological polar surface area (TPSA) is 43.6 Å². The van der Waals surface area contributed by atoms with E-state index in [0.29, 0.717) is 6.04 Å². The second-order valence-corrected chi connectivity index (χ2v) is 4.51. The van der Waals surface area contributed by atoms with Crippen LogP contribution in [0.3, 0.4) is 0 Å². The lowest BCUT2D eigenvalue weighted by Crippen LogP contribution is -2.03. The van der Waals surface area contributed by atoms with E-state index in [1.807, 2.05) is 35.9 Å². The van der Waals surface area contributed by atoms with Gasteiger partial charge in [-0.25, -0.2) is 14.6 Å². The summed E-state index contributed by atoms with van der Waals surface area (Å²) in [5, 5.41) is 4.50. The summed E-state index contributed by atoms with van der Waals surface area (Å²) < 4.78 is 1.93. The zero-order valence-corrected chi connectivity index (χ0v) is 10.2. The summed E-state index contributed by atoms with van der Waals surface area (Å²) in [6, 6.07) is 8.21. The number of benzene rings is 1. The molecule has 17 heavy (non-hydrogen) atoms. The predicted octanol–water partition coefficient (Wildman–Crippen LogP) is 2.87. The molecule has 2 heterocycles. The van der Waals surface area contributed by atoms with Crippen molar-refractivity contribution in [3.05, 3.63) is 30.0 Å². The Morgan fingerprint density at radius 3 is 2.35 bits per heavy atom. The van der Waals surface area contributed by atoms with Gasteiger partial charge in [0.05, 0.1) is 16.7 Å². The highest BCUT2D eigenvalue weighted by Gasteiger charge is 2.13. The molecule has 0 aliphatic rings. The number of nitrogens with zero attached hydrogens (tertiary/aromatic N) is 4. The Kier molecular flexibility index (Phi) is 2.11. The molecular formula is C13H14N4. The van der Waals surface area contributed by atoms with E-state index in [1.165, 1.54) is 0 Å². The Morgan fingerprint density at radius 2 is 1.71 bits per heavy atom. The fourth-order valence-electron chi connectivity index (χ4n) is 2.01. The maximum absolute atomic E-state index is 4.66. The van der Waals surface area contributed by atoms with Crippen LogP contribution in [0.1, 0.15) is 25.6 Å². The van der Waals surface area contributed by atoms with E-state index < -0.39 is 0 Å². The highest BCUT2D eigenvalue weighted by atomic mass is 15.3. The van der Waals surface area contributed by atoms with Crippen molar-refractivity contribution in [2.45, 2.75) is 26.8 Å². The first-order valence-corrected chi connectivity index (χ1v) is 5.78. The summed E-state index contributed by atoms with van der Waals surface area (Å²) in [6.07, 6.45) is 0. The van der Waals surface area contributed by atoms with Gasteiger partial charge >= 0.3 is 0 Å². The second-order valence-electron chi connectivity index (χ2n) is 4.51. The normalized spacial score (nSPS) is 11.8. The zero-order chi connectivity index (χ0) is 12.0. The fraction of sp³-hybridized carbons (Fsp3) is 0.308. The van der Waals surface area contributed by atoms with Gasteiger partial charge in [0, 0.05) is 6.04 Å². The van der Waals surface area contributed by atoms with Crippen LogP contribution in [0.2, 0.25) is 0 Å². The molecule has 0 amide bonds. The molecule has 0 saturated heterocycles. The number of hydrogen-bond donors (Lipinski definition) is 0. The molecule has 0 fully saturated rings. The van der Waals surface area contributed by atoms with Crippen molar-refractivity contribution in [3.63, 3.8) is 0 Å². The van der Waals surface area contributed by atoms with Crippen LogP contribution >= 0.6 is 0 Å². The van der Waals surface area contributed by atoms with E-state index >= 15 is 0 Å². The van der Waals surface area contributed by atoms with Gasteiger partial charge in [-0.3, -0.25) is 0 Å². The van der Waals surface area contributed by atoms with Gasteiger partial charge in [0.2, 0.25) is 0 Å². The Morgan fingerprint density at radius 1 is 1.06 bits per heavy atom. The first kappa shape index (κ1) is 10.2. The van der Waals surface area contributed by atoms with Crippen LogP contribution in [0.4, 0.5) is 0 Å². The van der Waals surface area contributed by atoms with Gasteiger partial charge < -0.3 is 0 Å². The third-order valence-electron chi connectivity index (χ3n) is 2.86. The summed E-state index contributed by atoms with van der Waals surface area (Å²) in [7, 11) is 0. The second kappa shape index (κ2) is 3.52. The lowest BCUT2D eigenvalue weighted by Gasteiger charge is -2.05. The first-order valence-electron chi connectivity index (χ1n) is 5.78. The van der Waals surface area contributed by atoms with Crippen LogP contribution in [0, 0.1) is 6.92 Å². The molecule has 0 N–H and O–H groups in total. The number of fused-ring (bicyclic) bond motifs is 2. The standard InChI is InChI=1S/C13H14N4/c1-8(2)17-13-12(9(3)16-17)14-10-6-4-5-7-11(10)15-13/h4-8H,1-3H3. The maximum atomic E-state index is 4.66. The third kappa shape index (κ3) is 1.48. The van der Waals surface area contributed by atoms with Crippen LogP contribution in [-0.4, -0.2) is 19.7 Å². The average molecular weight is 226 g/mol. The molecule has 0 bridgehead atoms. The van der Waals surface area contributed by atoms with E-state index in [2.05, 4.69) is 28.9 Å². The number of aryl methyl sites for hydroxylation is 1. The number of aromatic nitrogens is 4. The van der Waals surface area contributed by atoms with Gasteiger partial charge in [0.25, 0.3) is 0 Å². The Balaban J connectivity index is 2.45. The summed E-state index contributed by atoms with van der Waals surface area (Å²) in [5.74, 6) is 0. The molecule has 2 aromatic heterocycles. The third-order valence-corrected chi connectivity index (χ3v) is 2.86. The average Bonchev–Trinajstić information content (AvgIpc) is 2.64. The lowest BCUT2D eigenvalue weighted by atomic mass is 10.3. The molecule has 0 atom stereocenters. The van der Waals surface area contributed by atoms with Crippen molar-refractivity contribution in [1.29, 1.82) is 0 Å². The van der Waals surface area contributed by atoms with Crippen molar-refractivity contribution >= 4 is 22.2 Å². The minimum atomic E-state index is 0.293. The van der Waals surface area contributed by atoms with E-state index in [4.69, 9.17) is 0 Å². The van der Waals surface area contributed by atoms with Gasteiger partial charge in [-0.15, -0.1) is 0 Å². The summed E-state index contributed by atoms with van der Waals surface area (Å²) in [4.78, 5) is 9.29. The van der Waals surface area contributed by atoms with Gasteiger partial charge in [0.15, 0.2) is 5.65 Å². The first-order chi connectivity index (χ1) is 8.16. The molecule has 4 heteroatoms.